The minimum absolute atomic E-state index is 0.0345. The van der Waals surface area contributed by atoms with Gasteiger partial charge in [-0.05, 0) is 50.1 Å². The Morgan fingerprint density at radius 1 is 1.30 bits per heavy atom. The fourth-order valence-electron chi connectivity index (χ4n) is 3.79. The molecule has 0 unspecified atom stereocenters. The van der Waals surface area contributed by atoms with Gasteiger partial charge in [0.2, 0.25) is 0 Å². The van der Waals surface area contributed by atoms with Gasteiger partial charge in [0, 0.05) is 31.3 Å². The zero-order valence-electron chi connectivity index (χ0n) is 17.7. The lowest BCUT2D eigenvalue weighted by atomic mass is 10.1. The number of carbonyl (C=O) groups excluding carboxylic acids is 1. The summed E-state index contributed by atoms with van der Waals surface area (Å²) in [5.41, 5.74) is 2.05. The molecule has 3 heterocycles. The predicted octanol–water partition coefficient (Wildman–Crippen LogP) is 3.41. The Kier molecular flexibility index (Phi) is 6.75. The highest BCUT2D eigenvalue weighted by Gasteiger charge is 2.25. The minimum Gasteiger partial charge on any atom is -0.451 e. The second-order valence-corrected chi connectivity index (χ2v) is 9.64. The van der Waals surface area contributed by atoms with E-state index < -0.39 is 15.9 Å². The molecule has 0 bridgehead atoms. The van der Waals surface area contributed by atoms with E-state index in [0.29, 0.717) is 41.5 Å². The number of hydroxylamine groups is 1. The van der Waals surface area contributed by atoms with Crippen molar-refractivity contribution in [1.29, 1.82) is 0 Å². The normalized spacial score (nSPS) is 15.1. The van der Waals surface area contributed by atoms with Crippen molar-refractivity contribution in [2.75, 3.05) is 29.3 Å². The number of carbonyl (C=O) groups is 1. The van der Waals surface area contributed by atoms with Crippen LogP contribution in [0.15, 0.2) is 45.8 Å². The van der Waals surface area contributed by atoms with Crippen molar-refractivity contribution in [2.45, 2.75) is 30.8 Å². The second-order valence-electron chi connectivity index (χ2n) is 7.52. The number of fused-ring (bicyclic) bond motifs is 1. The number of piperidine rings is 1. The summed E-state index contributed by atoms with van der Waals surface area (Å²) >= 11 is 6.11. The summed E-state index contributed by atoms with van der Waals surface area (Å²) in [4.78, 5) is 17.9. The molecule has 3 aromatic rings. The zero-order chi connectivity index (χ0) is 23.6. The highest BCUT2D eigenvalue weighted by atomic mass is 35.5. The summed E-state index contributed by atoms with van der Waals surface area (Å²) in [6.07, 6.45) is 3.28. The monoisotopic (exact) mass is 494 g/mol. The van der Waals surface area contributed by atoms with E-state index in [4.69, 9.17) is 26.0 Å². The maximum atomic E-state index is 13.2. The number of hydrogen-bond acceptors (Lipinski definition) is 8. The molecule has 0 aliphatic carbocycles. The first-order valence-corrected chi connectivity index (χ1v) is 12.2. The molecular formula is C21H23ClN4O6S. The van der Waals surface area contributed by atoms with Crippen LogP contribution in [0.1, 0.15) is 30.3 Å². The fourth-order valence-corrected chi connectivity index (χ4v) is 5.03. The van der Waals surface area contributed by atoms with Crippen LogP contribution in [-0.4, -0.2) is 50.3 Å². The van der Waals surface area contributed by atoms with Crippen molar-refractivity contribution in [3.05, 3.63) is 47.3 Å². The third kappa shape index (κ3) is 5.06. The van der Waals surface area contributed by atoms with Crippen molar-refractivity contribution in [1.82, 2.24) is 10.5 Å². The van der Waals surface area contributed by atoms with Crippen LogP contribution >= 0.6 is 11.6 Å². The average Bonchev–Trinajstić information content (AvgIpc) is 3.23. The van der Waals surface area contributed by atoms with E-state index in [-0.39, 0.29) is 22.4 Å². The number of halogens is 1. The van der Waals surface area contributed by atoms with Crippen molar-refractivity contribution >= 4 is 50.0 Å². The molecule has 0 spiro atoms. The van der Waals surface area contributed by atoms with Crippen LogP contribution < -0.4 is 15.1 Å². The predicted molar refractivity (Wildman–Crippen MR) is 122 cm³/mol. The maximum Gasteiger partial charge on any atom is 0.310 e. The smallest absolute Gasteiger partial charge is 0.310 e. The van der Waals surface area contributed by atoms with E-state index >= 15 is 0 Å². The van der Waals surface area contributed by atoms with Gasteiger partial charge in [-0.15, -0.1) is 0 Å². The summed E-state index contributed by atoms with van der Waals surface area (Å²) < 4.78 is 39.9. The SMILES string of the molecule is CCOC1CCN(c2ncc(Cl)cc2NS(=O)(=O)c2ccc3oc(C(=O)NO)cc3c2)CC1. The Balaban J connectivity index is 1.60. The number of nitrogens with one attached hydrogen (secondary N) is 2. The van der Waals surface area contributed by atoms with Crippen LogP contribution in [0.5, 0.6) is 0 Å². The number of aromatic nitrogens is 1. The molecule has 10 nitrogen and oxygen atoms in total. The first-order valence-electron chi connectivity index (χ1n) is 10.3. The number of amides is 1. The Hall–Kier alpha value is -2.86. The highest BCUT2D eigenvalue weighted by Crippen LogP contribution is 2.32. The molecule has 1 saturated heterocycles. The third-order valence-corrected chi connectivity index (χ3v) is 6.91. The van der Waals surface area contributed by atoms with Crippen LogP contribution in [-0.2, 0) is 14.8 Å². The van der Waals surface area contributed by atoms with Gasteiger partial charge in [0.1, 0.15) is 5.58 Å². The number of anilines is 2. The first kappa shape index (κ1) is 23.3. The lowest BCUT2D eigenvalue weighted by Gasteiger charge is -2.33. The molecule has 1 aromatic carbocycles. The van der Waals surface area contributed by atoms with E-state index in [1.807, 2.05) is 11.8 Å². The van der Waals surface area contributed by atoms with E-state index in [2.05, 4.69) is 9.71 Å². The molecule has 1 aliphatic heterocycles. The number of benzene rings is 1. The van der Waals surface area contributed by atoms with Gasteiger partial charge in [-0.3, -0.25) is 14.7 Å². The molecule has 4 rings (SSSR count). The molecule has 0 atom stereocenters. The largest absolute Gasteiger partial charge is 0.451 e. The Morgan fingerprint density at radius 3 is 2.76 bits per heavy atom. The molecule has 3 N–H and O–H groups in total. The quantitative estimate of drug-likeness (QED) is 0.336. The van der Waals surface area contributed by atoms with Crippen molar-refractivity contribution in [3.8, 4) is 0 Å². The number of furan rings is 1. The molecule has 33 heavy (non-hydrogen) atoms. The van der Waals surface area contributed by atoms with Gasteiger partial charge in [0.25, 0.3) is 10.0 Å². The van der Waals surface area contributed by atoms with Crippen molar-refractivity contribution in [2.24, 2.45) is 0 Å². The van der Waals surface area contributed by atoms with Crippen LogP contribution in [0.4, 0.5) is 11.5 Å². The summed E-state index contributed by atoms with van der Waals surface area (Å²) in [6.45, 7) is 3.96. The zero-order valence-corrected chi connectivity index (χ0v) is 19.3. The molecule has 1 amide bonds. The van der Waals surface area contributed by atoms with E-state index in [9.17, 15) is 13.2 Å². The lowest BCUT2D eigenvalue weighted by Crippen LogP contribution is -2.38. The molecule has 12 heteroatoms. The number of nitrogens with zero attached hydrogens (tertiary/aromatic N) is 2. The van der Waals surface area contributed by atoms with Crippen LogP contribution in [0.2, 0.25) is 5.02 Å². The van der Waals surface area contributed by atoms with E-state index in [1.165, 1.54) is 42.0 Å². The summed E-state index contributed by atoms with van der Waals surface area (Å²) in [7, 11) is -4.01. The van der Waals surface area contributed by atoms with Crippen LogP contribution in [0, 0.1) is 0 Å². The van der Waals surface area contributed by atoms with Gasteiger partial charge in [-0.25, -0.2) is 18.9 Å². The lowest BCUT2D eigenvalue weighted by molar-refractivity contribution is 0.0458. The number of hydrogen-bond donors (Lipinski definition) is 3. The molecule has 0 saturated carbocycles. The maximum absolute atomic E-state index is 13.2. The second kappa shape index (κ2) is 9.56. The molecule has 2 aromatic heterocycles. The summed E-state index contributed by atoms with van der Waals surface area (Å²) in [6, 6.07) is 7.04. The third-order valence-electron chi connectivity index (χ3n) is 5.34. The summed E-state index contributed by atoms with van der Waals surface area (Å²) in [5, 5.41) is 9.45. The molecule has 1 fully saturated rings. The standard InChI is InChI=1S/C21H23ClN4O6S/c1-2-31-15-5-7-26(8-6-15)20-17(11-14(22)12-23-20)25-33(29,30)16-3-4-18-13(9-16)10-19(32-18)21(27)24-28/h3-4,9-12,15,25,28H,2,5-8H2,1H3,(H,24,27). The highest BCUT2D eigenvalue weighted by molar-refractivity contribution is 7.92. The van der Waals surface area contributed by atoms with E-state index in [0.717, 1.165) is 12.8 Å². The first-order chi connectivity index (χ1) is 15.8. The van der Waals surface area contributed by atoms with Gasteiger partial charge in [0.15, 0.2) is 11.6 Å². The van der Waals surface area contributed by atoms with Gasteiger partial charge < -0.3 is 14.1 Å². The van der Waals surface area contributed by atoms with Crippen molar-refractivity contribution < 1.29 is 27.6 Å². The molecule has 176 valence electrons. The van der Waals surface area contributed by atoms with Gasteiger partial charge >= 0.3 is 5.91 Å². The minimum atomic E-state index is -4.01. The Morgan fingerprint density at radius 2 is 2.06 bits per heavy atom. The number of ether oxygens (including phenoxy) is 1. The Labute approximate surface area is 195 Å². The number of pyridine rings is 1. The van der Waals surface area contributed by atoms with Gasteiger partial charge in [-0.2, -0.15) is 0 Å². The van der Waals surface area contributed by atoms with E-state index in [1.54, 1.807) is 0 Å². The average molecular weight is 495 g/mol. The number of sulfonamides is 1. The molecule has 0 radical (unpaired) electrons. The topological polar surface area (TPSA) is 134 Å². The number of rotatable bonds is 7. The van der Waals surface area contributed by atoms with Gasteiger partial charge in [0.05, 0.1) is 21.7 Å². The Bertz CT molecular complexity index is 1270. The van der Waals surface area contributed by atoms with Crippen molar-refractivity contribution in [3.63, 3.8) is 0 Å². The van der Waals surface area contributed by atoms with Gasteiger partial charge in [-0.1, -0.05) is 11.6 Å². The molecule has 1 aliphatic rings. The van der Waals surface area contributed by atoms with Crippen LogP contribution in [0.3, 0.4) is 0 Å². The van der Waals surface area contributed by atoms with Crippen LogP contribution in [0.25, 0.3) is 11.0 Å². The fraction of sp³-hybridized carbons (Fsp3) is 0.333. The summed E-state index contributed by atoms with van der Waals surface area (Å²) in [5.74, 6) is -0.493. The molecular weight excluding hydrogens is 472 g/mol.